The number of carbonyl (C=O) groups is 1. The summed E-state index contributed by atoms with van der Waals surface area (Å²) in [5.41, 5.74) is 10.4. The quantitative estimate of drug-likeness (QED) is 0.387. The molecule has 100 valence electrons. The second-order valence-electron chi connectivity index (χ2n) is 4.43. The van der Waals surface area contributed by atoms with Crippen molar-refractivity contribution >= 4 is 17.7 Å². The number of hydrogen-bond acceptors (Lipinski definition) is 5. The van der Waals surface area contributed by atoms with E-state index >= 15 is 0 Å². The Labute approximate surface area is 110 Å². The number of primary amides is 1. The Morgan fingerprint density at radius 3 is 2.83 bits per heavy atom. The fraction of sp³-hybridized carbons (Fsp3) is 0.545. The molecule has 1 unspecified atom stereocenters. The number of nitrogens with zero attached hydrogens (tertiary/aromatic N) is 1. The maximum Gasteiger partial charge on any atom is 0.251 e. The van der Waals surface area contributed by atoms with Crippen LogP contribution in [-0.2, 0) is 4.79 Å². The highest BCUT2D eigenvalue weighted by atomic mass is 32.2. The van der Waals surface area contributed by atoms with Crippen LogP contribution in [0.5, 0.6) is 0 Å². The van der Waals surface area contributed by atoms with E-state index < -0.39 is 11.4 Å². The summed E-state index contributed by atoms with van der Waals surface area (Å²) in [7, 11) is 0. The molecule has 0 aliphatic rings. The van der Waals surface area contributed by atoms with Crippen LogP contribution in [0, 0.1) is 6.92 Å². The highest BCUT2D eigenvalue weighted by Crippen LogP contribution is 2.16. The lowest BCUT2D eigenvalue weighted by Gasteiger charge is -2.19. The third-order valence-corrected chi connectivity index (χ3v) is 3.45. The Kier molecular flexibility index (Phi) is 4.92. The van der Waals surface area contributed by atoms with Crippen LogP contribution in [0.1, 0.15) is 25.5 Å². The number of rotatable bonds is 6. The Balaban J connectivity index is 2.43. The van der Waals surface area contributed by atoms with E-state index in [9.17, 15) is 9.59 Å². The van der Waals surface area contributed by atoms with Crippen molar-refractivity contribution in [2.24, 2.45) is 11.5 Å². The van der Waals surface area contributed by atoms with Crippen molar-refractivity contribution in [1.29, 1.82) is 0 Å². The lowest BCUT2D eigenvalue weighted by Crippen LogP contribution is -2.49. The third kappa shape index (κ3) is 4.50. The average Bonchev–Trinajstić information content (AvgIpc) is 2.23. The molecule has 18 heavy (non-hydrogen) atoms. The van der Waals surface area contributed by atoms with Gasteiger partial charge in [0.05, 0.1) is 5.54 Å². The maximum atomic E-state index is 11.2. The molecule has 5 N–H and O–H groups in total. The molecule has 0 radical (unpaired) electrons. The molecule has 6 nitrogen and oxygen atoms in total. The molecule has 0 aliphatic carbocycles. The molecule has 1 heterocycles. The maximum absolute atomic E-state index is 11.2. The van der Waals surface area contributed by atoms with Crippen molar-refractivity contribution in [3.05, 3.63) is 22.1 Å². The number of aromatic amines is 1. The van der Waals surface area contributed by atoms with Gasteiger partial charge in [0, 0.05) is 17.5 Å². The molecule has 1 aromatic heterocycles. The van der Waals surface area contributed by atoms with Crippen LogP contribution >= 0.6 is 11.8 Å². The summed E-state index contributed by atoms with van der Waals surface area (Å²) in [6.45, 7) is 3.39. The number of hydrogen-bond donors (Lipinski definition) is 3. The molecule has 0 fully saturated rings. The Hall–Kier alpha value is -1.34. The molecule has 1 amide bonds. The number of nitrogens with two attached hydrogens (primary N) is 2. The van der Waals surface area contributed by atoms with Crippen LogP contribution in [0.3, 0.4) is 0 Å². The molecule has 0 aromatic carbocycles. The number of H-pyrrole nitrogens is 1. The first kappa shape index (κ1) is 14.7. The van der Waals surface area contributed by atoms with Crippen molar-refractivity contribution in [2.45, 2.75) is 37.4 Å². The molecule has 0 aliphatic heterocycles. The van der Waals surface area contributed by atoms with Gasteiger partial charge in [0.15, 0.2) is 5.16 Å². The van der Waals surface area contributed by atoms with E-state index in [0.717, 1.165) is 6.42 Å². The van der Waals surface area contributed by atoms with Gasteiger partial charge in [-0.1, -0.05) is 11.8 Å². The fourth-order valence-corrected chi connectivity index (χ4v) is 2.21. The van der Waals surface area contributed by atoms with Gasteiger partial charge in [-0.15, -0.1) is 0 Å². The van der Waals surface area contributed by atoms with E-state index in [1.807, 2.05) is 0 Å². The zero-order valence-corrected chi connectivity index (χ0v) is 11.3. The Bertz CT molecular complexity index is 484. The van der Waals surface area contributed by atoms with Crippen LogP contribution in [0.25, 0.3) is 0 Å². The van der Waals surface area contributed by atoms with Crippen molar-refractivity contribution in [3.63, 3.8) is 0 Å². The van der Waals surface area contributed by atoms with Crippen LogP contribution < -0.4 is 17.0 Å². The minimum atomic E-state index is -0.978. The molecular formula is C11H18N4O2S. The highest BCUT2D eigenvalue weighted by molar-refractivity contribution is 7.99. The normalized spacial score (nSPS) is 14.2. The molecule has 0 saturated heterocycles. The molecule has 0 bridgehead atoms. The van der Waals surface area contributed by atoms with Crippen LogP contribution in [0.15, 0.2) is 16.0 Å². The Morgan fingerprint density at radius 1 is 1.61 bits per heavy atom. The van der Waals surface area contributed by atoms with E-state index in [1.165, 1.54) is 17.8 Å². The van der Waals surface area contributed by atoms with Crippen LogP contribution in [0.2, 0.25) is 0 Å². The minimum absolute atomic E-state index is 0.161. The second kappa shape index (κ2) is 6.01. The van der Waals surface area contributed by atoms with Gasteiger partial charge in [0.25, 0.3) is 5.56 Å². The predicted molar refractivity (Wildman–Crippen MR) is 71.3 cm³/mol. The minimum Gasteiger partial charge on any atom is -0.368 e. The van der Waals surface area contributed by atoms with E-state index in [2.05, 4.69) is 9.97 Å². The first-order chi connectivity index (χ1) is 8.31. The first-order valence-corrected chi connectivity index (χ1v) is 6.59. The van der Waals surface area contributed by atoms with Crippen molar-refractivity contribution in [3.8, 4) is 0 Å². The summed E-state index contributed by atoms with van der Waals surface area (Å²) in [6, 6.07) is 1.44. The first-order valence-electron chi connectivity index (χ1n) is 5.61. The van der Waals surface area contributed by atoms with Crippen molar-refractivity contribution in [1.82, 2.24) is 9.97 Å². The van der Waals surface area contributed by atoms with Gasteiger partial charge in [-0.05, 0) is 26.7 Å². The summed E-state index contributed by atoms with van der Waals surface area (Å²) in [5.74, 6) is 0.210. The number of aryl methyl sites for hydroxylation is 1. The van der Waals surface area contributed by atoms with Crippen molar-refractivity contribution in [2.75, 3.05) is 5.75 Å². The molecule has 1 atom stereocenters. The lowest BCUT2D eigenvalue weighted by molar-refractivity contribution is -0.122. The van der Waals surface area contributed by atoms with Crippen LogP contribution in [0.4, 0.5) is 0 Å². The average molecular weight is 270 g/mol. The summed E-state index contributed by atoms with van der Waals surface area (Å²) < 4.78 is 0. The van der Waals surface area contributed by atoms with Gasteiger partial charge in [-0.2, -0.15) is 0 Å². The molecular weight excluding hydrogens is 252 g/mol. The molecule has 1 aromatic rings. The zero-order chi connectivity index (χ0) is 13.8. The van der Waals surface area contributed by atoms with Crippen molar-refractivity contribution < 1.29 is 4.79 Å². The van der Waals surface area contributed by atoms with Gasteiger partial charge < -0.3 is 16.5 Å². The molecule has 1 rings (SSSR count). The summed E-state index contributed by atoms with van der Waals surface area (Å²) in [4.78, 5) is 29.0. The van der Waals surface area contributed by atoms with E-state index in [-0.39, 0.29) is 5.56 Å². The van der Waals surface area contributed by atoms with Gasteiger partial charge in [0.1, 0.15) is 0 Å². The summed E-state index contributed by atoms with van der Waals surface area (Å²) >= 11 is 1.43. The van der Waals surface area contributed by atoms with Gasteiger partial charge in [-0.25, -0.2) is 4.98 Å². The topological polar surface area (TPSA) is 115 Å². The summed E-state index contributed by atoms with van der Waals surface area (Å²) in [5, 5.41) is 0.581. The Morgan fingerprint density at radius 2 is 2.28 bits per heavy atom. The standard InChI is InChI=1S/C11H18N4O2S/c1-7-6-8(16)15-10(14-7)18-5-3-4-11(2,13)9(12)17/h6H,3-5,13H2,1-2H3,(H2,12,17)(H,14,15,16). The smallest absolute Gasteiger partial charge is 0.251 e. The predicted octanol–water partition coefficient (Wildman–Crippen LogP) is 0.153. The highest BCUT2D eigenvalue weighted by Gasteiger charge is 2.24. The number of carbonyl (C=O) groups excluding carboxylic acids is 1. The SMILES string of the molecule is Cc1cc(=O)[nH]c(SCCCC(C)(N)C(N)=O)n1. The molecule has 7 heteroatoms. The zero-order valence-electron chi connectivity index (χ0n) is 10.5. The number of aromatic nitrogens is 2. The molecule has 0 saturated carbocycles. The monoisotopic (exact) mass is 270 g/mol. The van der Waals surface area contributed by atoms with Gasteiger partial charge in [0.2, 0.25) is 5.91 Å². The second-order valence-corrected chi connectivity index (χ2v) is 5.51. The number of amides is 1. The van der Waals surface area contributed by atoms with Gasteiger partial charge in [-0.3, -0.25) is 9.59 Å². The van der Waals surface area contributed by atoms with Gasteiger partial charge >= 0.3 is 0 Å². The largest absolute Gasteiger partial charge is 0.368 e. The van der Waals surface area contributed by atoms with E-state index in [4.69, 9.17) is 11.5 Å². The summed E-state index contributed by atoms with van der Waals surface area (Å²) in [6.07, 6.45) is 1.23. The third-order valence-electron chi connectivity index (χ3n) is 2.49. The number of nitrogens with one attached hydrogen (secondary N) is 1. The lowest BCUT2D eigenvalue weighted by atomic mass is 9.97. The van der Waals surface area contributed by atoms with E-state index in [1.54, 1.807) is 13.8 Å². The van der Waals surface area contributed by atoms with Crippen LogP contribution in [-0.4, -0.2) is 27.2 Å². The number of thioether (sulfide) groups is 1. The van der Waals surface area contributed by atoms with E-state index in [0.29, 0.717) is 23.0 Å². The fourth-order valence-electron chi connectivity index (χ4n) is 1.35. The molecule has 0 spiro atoms.